The fourth-order valence-electron chi connectivity index (χ4n) is 3.46. The van der Waals surface area contributed by atoms with E-state index in [0.717, 1.165) is 23.5 Å². The van der Waals surface area contributed by atoms with E-state index < -0.39 is 23.4 Å². The van der Waals surface area contributed by atoms with Crippen molar-refractivity contribution in [3.8, 4) is 11.4 Å². The van der Waals surface area contributed by atoms with Crippen molar-refractivity contribution in [1.29, 1.82) is 0 Å². The highest BCUT2D eigenvalue weighted by Gasteiger charge is 2.26. The minimum atomic E-state index is -1.54. The highest BCUT2D eigenvalue weighted by molar-refractivity contribution is 5.96. The van der Waals surface area contributed by atoms with Crippen LogP contribution in [0, 0.1) is 24.4 Å². The molecule has 2 aromatic carbocycles. The number of aryl methyl sites for hydroxylation is 1. The predicted octanol–water partition coefficient (Wildman–Crippen LogP) is 4.01. The van der Waals surface area contributed by atoms with E-state index in [4.69, 9.17) is 9.47 Å². The second-order valence-corrected chi connectivity index (χ2v) is 7.31. The van der Waals surface area contributed by atoms with Gasteiger partial charge in [0, 0.05) is 12.7 Å². The van der Waals surface area contributed by atoms with Crippen LogP contribution in [0.15, 0.2) is 48.6 Å². The van der Waals surface area contributed by atoms with Crippen molar-refractivity contribution in [3.63, 3.8) is 0 Å². The minimum absolute atomic E-state index is 0.0735. The highest BCUT2D eigenvalue weighted by atomic mass is 19.2. The number of morpholine rings is 1. The zero-order chi connectivity index (χ0) is 22.8. The molecule has 0 unspecified atom stereocenters. The number of hydrogen-bond acceptors (Lipinski definition) is 4. The van der Waals surface area contributed by atoms with Crippen molar-refractivity contribution in [2.45, 2.75) is 13.5 Å². The van der Waals surface area contributed by atoms with Gasteiger partial charge in [0.2, 0.25) is 0 Å². The van der Waals surface area contributed by atoms with E-state index in [9.17, 15) is 18.0 Å². The average molecular weight is 443 g/mol. The normalized spacial score (nSPS) is 15.2. The van der Waals surface area contributed by atoms with Crippen LogP contribution < -0.4 is 4.74 Å². The van der Waals surface area contributed by atoms with Crippen molar-refractivity contribution in [2.75, 3.05) is 20.3 Å². The molecule has 0 bridgehead atoms. The monoisotopic (exact) mass is 443 g/mol. The van der Waals surface area contributed by atoms with Crippen molar-refractivity contribution in [1.82, 2.24) is 14.5 Å². The Labute approximate surface area is 182 Å². The molecule has 0 saturated carbocycles. The lowest BCUT2D eigenvalue weighted by Crippen LogP contribution is -2.39. The Morgan fingerprint density at radius 2 is 1.94 bits per heavy atom. The van der Waals surface area contributed by atoms with E-state index in [2.05, 4.69) is 4.98 Å². The zero-order valence-corrected chi connectivity index (χ0v) is 17.4. The number of rotatable bonds is 5. The summed E-state index contributed by atoms with van der Waals surface area (Å²) in [5.41, 5.74) is 2.47. The van der Waals surface area contributed by atoms with Gasteiger partial charge in [0.15, 0.2) is 23.2 Å². The molecule has 0 atom stereocenters. The molecule has 1 amide bonds. The third-order valence-corrected chi connectivity index (χ3v) is 5.03. The summed E-state index contributed by atoms with van der Waals surface area (Å²) in [4.78, 5) is 18.4. The molecule has 2 heterocycles. The molecule has 1 aromatic heterocycles. The number of methoxy groups -OCH3 is 1. The third kappa shape index (κ3) is 4.32. The van der Waals surface area contributed by atoms with Crippen molar-refractivity contribution >= 4 is 12.0 Å². The maximum absolute atomic E-state index is 13.5. The molecule has 1 aliphatic heterocycles. The zero-order valence-electron chi connectivity index (χ0n) is 17.4. The Morgan fingerprint density at radius 1 is 1.19 bits per heavy atom. The number of halogens is 3. The molecule has 1 aliphatic rings. The summed E-state index contributed by atoms with van der Waals surface area (Å²) in [7, 11) is 1.55. The Kier molecular flexibility index (Phi) is 5.89. The fraction of sp³-hybridized carbons (Fsp3) is 0.217. The molecule has 166 valence electrons. The summed E-state index contributed by atoms with van der Waals surface area (Å²) in [6, 6.07) is 7.16. The Bertz CT molecular complexity index is 1180. The van der Waals surface area contributed by atoms with Crippen LogP contribution in [0.25, 0.3) is 11.8 Å². The molecule has 1 fully saturated rings. The van der Waals surface area contributed by atoms with Gasteiger partial charge in [-0.2, -0.15) is 0 Å². The topological polar surface area (TPSA) is 56.6 Å². The molecular weight excluding hydrogens is 423 g/mol. The number of nitrogens with zero attached hydrogens (tertiary/aromatic N) is 3. The van der Waals surface area contributed by atoms with E-state index in [1.165, 1.54) is 4.90 Å². The van der Waals surface area contributed by atoms with Crippen LogP contribution in [0.4, 0.5) is 13.2 Å². The van der Waals surface area contributed by atoms with Crippen molar-refractivity contribution in [3.05, 3.63) is 82.9 Å². The highest BCUT2D eigenvalue weighted by Crippen LogP contribution is 2.27. The van der Waals surface area contributed by atoms with Crippen LogP contribution in [-0.4, -0.2) is 40.6 Å². The largest absolute Gasteiger partial charge is 0.495 e. The molecule has 3 aromatic rings. The van der Waals surface area contributed by atoms with E-state index in [1.54, 1.807) is 31.6 Å². The number of hydrogen-bond donors (Lipinski definition) is 0. The maximum Gasteiger partial charge on any atom is 0.289 e. The molecule has 0 radical (unpaired) electrons. The Morgan fingerprint density at radius 3 is 2.59 bits per heavy atom. The minimum Gasteiger partial charge on any atom is -0.495 e. The lowest BCUT2D eigenvalue weighted by molar-refractivity contribution is -0.136. The number of aromatic nitrogens is 2. The number of carbonyl (C=O) groups excluding carboxylic acids is 1. The summed E-state index contributed by atoms with van der Waals surface area (Å²) >= 11 is 0. The van der Waals surface area contributed by atoms with Gasteiger partial charge in [-0.15, -0.1) is 0 Å². The SMILES string of the molecule is COc1cc(C=C2OCCN(Cc3cc(F)c(F)c(F)c3)C2=O)ccc1-n1cnc(C)c1. The molecule has 0 spiro atoms. The van der Waals surface area contributed by atoms with Crippen LogP contribution >= 0.6 is 0 Å². The standard InChI is InChI=1S/C23H20F3N3O3/c1-14-11-29(13-27-14)19-4-3-15(9-20(19)31-2)10-21-23(30)28(5-6-32-21)12-16-7-17(24)22(26)18(25)8-16/h3-4,7-11,13H,5-6,12H2,1-2H3. The third-order valence-electron chi connectivity index (χ3n) is 5.03. The maximum atomic E-state index is 13.5. The molecule has 0 aliphatic carbocycles. The van der Waals surface area contributed by atoms with Gasteiger partial charge in [0.25, 0.3) is 5.91 Å². The van der Waals surface area contributed by atoms with E-state index >= 15 is 0 Å². The molecular formula is C23H20F3N3O3. The van der Waals surface area contributed by atoms with E-state index in [0.29, 0.717) is 11.3 Å². The molecule has 0 N–H and O–H groups in total. The first-order chi connectivity index (χ1) is 15.4. The van der Waals surface area contributed by atoms with Gasteiger partial charge >= 0.3 is 0 Å². The van der Waals surface area contributed by atoms with Gasteiger partial charge in [-0.1, -0.05) is 6.07 Å². The van der Waals surface area contributed by atoms with Crippen molar-refractivity contribution < 1.29 is 27.4 Å². The van der Waals surface area contributed by atoms with Crippen LogP contribution in [0.2, 0.25) is 0 Å². The van der Waals surface area contributed by atoms with E-state index in [-0.39, 0.29) is 31.0 Å². The summed E-state index contributed by atoms with van der Waals surface area (Å²) in [5, 5.41) is 0. The van der Waals surface area contributed by atoms with Gasteiger partial charge < -0.3 is 18.9 Å². The van der Waals surface area contributed by atoms with Crippen LogP contribution in [0.5, 0.6) is 5.75 Å². The molecule has 1 saturated heterocycles. The number of benzene rings is 2. The molecule has 9 heteroatoms. The first-order valence-electron chi connectivity index (χ1n) is 9.82. The van der Waals surface area contributed by atoms with Gasteiger partial charge in [0.1, 0.15) is 12.4 Å². The summed E-state index contributed by atoms with van der Waals surface area (Å²) < 4.78 is 53.1. The second kappa shape index (κ2) is 8.78. The Balaban J connectivity index is 1.57. The summed E-state index contributed by atoms with van der Waals surface area (Å²) in [6.07, 6.45) is 5.12. The first-order valence-corrected chi connectivity index (χ1v) is 9.82. The average Bonchev–Trinajstić information content (AvgIpc) is 3.20. The number of carbonyl (C=O) groups is 1. The molecule has 32 heavy (non-hydrogen) atoms. The predicted molar refractivity (Wildman–Crippen MR) is 111 cm³/mol. The van der Waals surface area contributed by atoms with E-state index in [1.807, 2.05) is 23.8 Å². The first kappa shape index (κ1) is 21.5. The van der Waals surface area contributed by atoms with Crippen LogP contribution in [0.1, 0.15) is 16.8 Å². The lowest BCUT2D eigenvalue weighted by atomic mass is 10.1. The van der Waals surface area contributed by atoms with Gasteiger partial charge in [-0.25, -0.2) is 18.2 Å². The number of ether oxygens (including phenoxy) is 2. The Hall–Kier alpha value is -3.75. The van der Waals surface area contributed by atoms with Crippen molar-refractivity contribution in [2.24, 2.45) is 0 Å². The molecule has 6 nitrogen and oxygen atoms in total. The summed E-state index contributed by atoms with van der Waals surface area (Å²) in [5.74, 6) is -3.89. The summed E-state index contributed by atoms with van der Waals surface area (Å²) in [6.45, 7) is 2.26. The molecule has 4 rings (SSSR count). The van der Waals surface area contributed by atoms with Crippen LogP contribution in [0.3, 0.4) is 0 Å². The smallest absolute Gasteiger partial charge is 0.289 e. The van der Waals surface area contributed by atoms with Gasteiger partial charge in [-0.05, 0) is 48.4 Å². The van der Waals surface area contributed by atoms with Gasteiger partial charge in [-0.3, -0.25) is 4.79 Å². The fourth-order valence-corrected chi connectivity index (χ4v) is 3.46. The lowest BCUT2D eigenvalue weighted by Gasteiger charge is -2.29. The second-order valence-electron chi connectivity index (χ2n) is 7.31. The van der Waals surface area contributed by atoms with Gasteiger partial charge in [0.05, 0.1) is 31.4 Å². The van der Waals surface area contributed by atoms with Crippen LogP contribution in [-0.2, 0) is 16.1 Å². The quantitative estimate of drug-likeness (QED) is 0.442. The number of imidazole rings is 1. The number of amides is 1.